The molecule has 1 heterocycles. The lowest BCUT2D eigenvalue weighted by Crippen LogP contribution is -2.13. The molecule has 0 amide bonds. The van der Waals surface area contributed by atoms with E-state index in [1.807, 2.05) is 0 Å². The largest absolute Gasteiger partial charge is 0.489 e. The number of nitrogens with zero attached hydrogens (tertiary/aromatic N) is 3. The molecular formula is C16H19FN4O3S. The Hall–Kier alpha value is -2.26. The highest BCUT2D eigenvalue weighted by atomic mass is 32.2. The summed E-state index contributed by atoms with van der Waals surface area (Å²) in [6, 6.07) is 6.72. The van der Waals surface area contributed by atoms with Crippen LogP contribution in [0.2, 0.25) is 0 Å². The number of nitrogens with two attached hydrogens (primary N) is 1. The summed E-state index contributed by atoms with van der Waals surface area (Å²) in [5.41, 5.74) is 6.32. The van der Waals surface area contributed by atoms with Crippen molar-refractivity contribution < 1.29 is 17.5 Å². The quantitative estimate of drug-likeness (QED) is 0.802. The van der Waals surface area contributed by atoms with Crippen LogP contribution in [0.3, 0.4) is 0 Å². The fourth-order valence-corrected chi connectivity index (χ4v) is 2.94. The molecule has 0 unspecified atom stereocenters. The Morgan fingerprint density at radius 3 is 2.60 bits per heavy atom. The zero-order valence-electron chi connectivity index (χ0n) is 13.7. The van der Waals surface area contributed by atoms with Gasteiger partial charge in [0.15, 0.2) is 11.6 Å². The van der Waals surface area contributed by atoms with Gasteiger partial charge in [-0.05, 0) is 37.1 Å². The monoisotopic (exact) mass is 366 g/mol. The summed E-state index contributed by atoms with van der Waals surface area (Å²) in [6.07, 6.45) is 3.48. The summed E-state index contributed by atoms with van der Waals surface area (Å²) >= 11 is 0. The van der Waals surface area contributed by atoms with Crippen molar-refractivity contribution in [3.05, 3.63) is 42.0 Å². The van der Waals surface area contributed by atoms with Crippen molar-refractivity contribution in [3.8, 4) is 17.1 Å². The first kappa shape index (κ1) is 17.6. The van der Waals surface area contributed by atoms with Gasteiger partial charge >= 0.3 is 0 Å². The van der Waals surface area contributed by atoms with Crippen molar-refractivity contribution in [1.29, 1.82) is 0 Å². The molecule has 0 saturated heterocycles. The normalized spacial score (nSPS) is 15.4. The SMILES string of the molecule is CS(=O)(=O)n1nc(C2CC2)nc1-c1ccc(OC/C(=C\F)CN)cc1. The Labute approximate surface area is 145 Å². The zero-order chi connectivity index (χ0) is 18.0. The highest BCUT2D eigenvalue weighted by Gasteiger charge is 2.30. The molecule has 1 aliphatic rings. The molecule has 1 saturated carbocycles. The molecule has 0 bridgehead atoms. The molecule has 0 aliphatic heterocycles. The van der Waals surface area contributed by atoms with E-state index in [1.165, 1.54) is 0 Å². The number of hydrogen-bond donors (Lipinski definition) is 1. The van der Waals surface area contributed by atoms with Gasteiger partial charge in [-0.3, -0.25) is 0 Å². The Morgan fingerprint density at radius 2 is 2.08 bits per heavy atom. The molecular weight excluding hydrogens is 347 g/mol. The molecule has 9 heteroatoms. The number of halogens is 1. The van der Waals surface area contributed by atoms with Gasteiger partial charge in [0.05, 0.1) is 12.6 Å². The van der Waals surface area contributed by atoms with Crippen LogP contribution in [-0.4, -0.2) is 42.0 Å². The predicted octanol–water partition coefficient (Wildman–Crippen LogP) is 1.82. The second-order valence-corrected chi connectivity index (χ2v) is 7.77. The maximum absolute atomic E-state index is 12.5. The number of ether oxygens (including phenoxy) is 1. The van der Waals surface area contributed by atoms with Gasteiger partial charge in [-0.1, -0.05) is 0 Å². The molecule has 1 aromatic carbocycles. The second-order valence-electron chi connectivity index (χ2n) is 5.96. The topological polar surface area (TPSA) is 100 Å². The lowest BCUT2D eigenvalue weighted by atomic mass is 10.2. The van der Waals surface area contributed by atoms with Gasteiger partial charge in [-0.15, -0.1) is 9.19 Å². The summed E-state index contributed by atoms with van der Waals surface area (Å²) in [6.45, 7) is 0.133. The molecule has 1 aliphatic carbocycles. The van der Waals surface area contributed by atoms with E-state index in [1.54, 1.807) is 24.3 Å². The number of aromatic nitrogens is 3. The minimum Gasteiger partial charge on any atom is -0.489 e. The standard InChI is InChI=1S/C16H19FN4O3S/c1-25(22,23)21-16(19-15(20-21)12-2-3-12)13-4-6-14(7-5-13)24-10-11(8-17)9-18/h4-8,12H,2-3,9-10,18H2,1H3/b11-8-. The smallest absolute Gasteiger partial charge is 0.252 e. The molecule has 7 nitrogen and oxygen atoms in total. The van der Waals surface area contributed by atoms with Crippen LogP contribution in [0.1, 0.15) is 24.6 Å². The van der Waals surface area contributed by atoms with Crippen molar-refractivity contribution in [1.82, 2.24) is 14.2 Å². The Balaban J connectivity index is 1.85. The van der Waals surface area contributed by atoms with Gasteiger partial charge in [0, 0.05) is 23.6 Å². The summed E-state index contributed by atoms with van der Waals surface area (Å²) in [4.78, 5) is 4.40. The lowest BCUT2D eigenvalue weighted by molar-refractivity contribution is 0.347. The Morgan fingerprint density at radius 1 is 1.40 bits per heavy atom. The highest BCUT2D eigenvalue weighted by Crippen LogP contribution is 2.39. The van der Waals surface area contributed by atoms with Crippen LogP contribution >= 0.6 is 0 Å². The number of hydrogen-bond acceptors (Lipinski definition) is 6. The predicted molar refractivity (Wildman–Crippen MR) is 91.4 cm³/mol. The molecule has 0 radical (unpaired) electrons. The third-order valence-electron chi connectivity index (χ3n) is 3.80. The van der Waals surface area contributed by atoms with Gasteiger partial charge in [0.25, 0.3) is 10.0 Å². The van der Waals surface area contributed by atoms with Gasteiger partial charge < -0.3 is 10.5 Å². The average Bonchev–Trinajstić information content (AvgIpc) is 3.33. The van der Waals surface area contributed by atoms with E-state index in [0.29, 0.717) is 29.0 Å². The molecule has 1 fully saturated rings. The van der Waals surface area contributed by atoms with Crippen LogP contribution in [0.5, 0.6) is 5.75 Å². The molecule has 0 spiro atoms. The molecule has 2 aromatic rings. The second kappa shape index (κ2) is 6.93. The van der Waals surface area contributed by atoms with Crippen molar-refractivity contribution in [2.45, 2.75) is 18.8 Å². The van der Waals surface area contributed by atoms with E-state index < -0.39 is 10.0 Å². The summed E-state index contributed by atoms with van der Waals surface area (Å²) in [5, 5.41) is 4.15. The van der Waals surface area contributed by atoms with Crippen LogP contribution in [0.25, 0.3) is 11.4 Å². The summed E-state index contributed by atoms with van der Waals surface area (Å²) < 4.78 is 42.8. The zero-order valence-corrected chi connectivity index (χ0v) is 14.5. The van der Waals surface area contributed by atoms with Crippen LogP contribution < -0.4 is 10.5 Å². The number of rotatable bonds is 7. The van der Waals surface area contributed by atoms with Crippen molar-refractivity contribution in [2.24, 2.45) is 5.73 Å². The third-order valence-corrected chi connectivity index (χ3v) is 4.69. The van der Waals surface area contributed by atoms with Gasteiger partial charge in [-0.25, -0.2) is 17.8 Å². The van der Waals surface area contributed by atoms with Crippen molar-refractivity contribution in [2.75, 3.05) is 19.4 Å². The first-order valence-corrected chi connectivity index (χ1v) is 9.66. The molecule has 134 valence electrons. The minimum absolute atomic E-state index is 0.0533. The number of benzene rings is 1. The van der Waals surface area contributed by atoms with E-state index in [9.17, 15) is 12.8 Å². The Bertz CT molecular complexity index is 887. The minimum atomic E-state index is -3.56. The van der Waals surface area contributed by atoms with Crippen LogP contribution in [0, 0.1) is 0 Å². The first-order chi connectivity index (χ1) is 11.9. The maximum atomic E-state index is 12.5. The highest BCUT2D eigenvalue weighted by molar-refractivity contribution is 7.89. The van der Waals surface area contributed by atoms with Crippen molar-refractivity contribution in [3.63, 3.8) is 0 Å². The first-order valence-electron chi connectivity index (χ1n) is 7.81. The Kier molecular flexibility index (Phi) is 4.87. The fourth-order valence-electron chi connectivity index (χ4n) is 2.25. The van der Waals surface area contributed by atoms with E-state index in [4.69, 9.17) is 10.5 Å². The maximum Gasteiger partial charge on any atom is 0.252 e. The summed E-state index contributed by atoms with van der Waals surface area (Å²) in [7, 11) is -3.56. The third kappa shape index (κ3) is 4.05. The lowest BCUT2D eigenvalue weighted by Gasteiger charge is -2.08. The van der Waals surface area contributed by atoms with Crippen LogP contribution in [0.15, 0.2) is 36.2 Å². The molecule has 2 N–H and O–H groups in total. The molecule has 3 rings (SSSR count). The molecule has 25 heavy (non-hydrogen) atoms. The summed E-state index contributed by atoms with van der Waals surface area (Å²) in [5.74, 6) is 1.60. The fraction of sp³-hybridized carbons (Fsp3) is 0.375. The van der Waals surface area contributed by atoms with E-state index in [2.05, 4.69) is 10.1 Å². The average molecular weight is 366 g/mol. The molecule has 1 aromatic heterocycles. The van der Waals surface area contributed by atoms with Crippen LogP contribution in [-0.2, 0) is 10.0 Å². The van der Waals surface area contributed by atoms with Crippen molar-refractivity contribution >= 4 is 10.0 Å². The van der Waals surface area contributed by atoms with Gasteiger partial charge in [-0.2, -0.15) is 0 Å². The van der Waals surface area contributed by atoms with Crippen LogP contribution in [0.4, 0.5) is 4.39 Å². The van der Waals surface area contributed by atoms with Gasteiger partial charge in [0.2, 0.25) is 0 Å². The van der Waals surface area contributed by atoms with Gasteiger partial charge in [0.1, 0.15) is 12.4 Å². The molecule has 0 atom stereocenters. The van der Waals surface area contributed by atoms with E-state index in [0.717, 1.165) is 23.2 Å². The van der Waals surface area contributed by atoms with E-state index in [-0.39, 0.29) is 24.9 Å². The van der Waals surface area contributed by atoms with E-state index >= 15 is 0 Å².